The zero-order valence-electron chi connectivity index (χ0n) is 11.2. The normalized spacial score (nSPS) is 11.0. The highest BCUT2D eigenvalue weighted by atomic mass is 79.9. The van der Waals surface area contributed by atoms with Crippen molar-refractivity contribution in [1.82, 2.24) is 9.55 Å². The van der Waals surface area contributed by atoms with Crippen LogP contribution in [0.15, 0.2) is 45.9 Å². The molecule has 3 aromatic rings. The fourth-order valence-electron chi connectivity index (χ4n) is 2.06. The molecule has 0 atom stereocenters. The SMILES string of the molecule is Cc1ccc(C(=O)Cn2cnc3ccc(Br)cc3c2=O)s1. The van der Waals surface area contributed by atoms with E-state index >= 15 is 0 Å². The Hall–Kier alpha value is -1.79. The number of halogens is 1. The first-order valence-electron chi connectivity index (χ1n) is 6.29. The zero-order valence-corrected chi connectivity index (χ0v) is 13.6. The van der Waals surface area contributed by atoms with E-state index < -0.39 is 0 Å². The monoisotopic (exact) mass is 362 g/mol. The van der Waals surface area contributed by atoms with Gasteiger partial charge in [-0.15, -0.1) is 11.3 Å². The molecule has 0 aliphatic carbocycles. The molecule has 0 bridgehead atoms. The lowest BCUT2D eigenvalue weighted by Crippen LogP contribution is -2.24. The summed E-state index contributed by atoms with van der Waals surface area (Å²) in [6, 6.07) is 9.02. The van der Waals surface area contributed by atoms with E-state index in [4.69, 9.17) is 0 Å². The van der Waals surface area contributed by atoms with Crippen molar-refractivity contribution in [2.45, 2.75) is 13.5 Å². The minimum atomic E-state index is -0.206. The van der Waals surface area contributed by atoms with Gasteiger partial charge in [-0.3, -0.25) is 14.2 Å². The quantitative estimate of drug-likeness (QED) is 0.670. The summed E-state index contributed by atoms with van der Waals surface area (Å²) in [5, 5.41) is 0.502. The number of ketones is 1. The number of aryl methyl sites for hydroxylation is 1. The summed E-state index contributed by atoms with van der Waals surface area (Å²) in [7, 11) is 0. The number of hydrogen-bond acceptors (Lipinski definition) is 4. The van der Waals surface area contributed by atoms with Crippen LogP contribution in [-0.4, -0.2) is 15.3 Å². The number of nitrogens with zero attached hydrogens (tertiary/aromatic N) is 2. The number of carbonyl (C=O) groups excluding carboxylic acids is 1. The first-order chi connectivity index (χ1) is 10.0. The Kier molecular flexibility index (Phi) is 3.73. The van der Waals surface area contributed by atoms with Crippen molar-refractivity contribution >= 4 is 44.0 Å². The van der Waals surface area contributed by atoms with Gasteiger partial charge in [0, 0.05) is 9.35 Å². The van der Waals surface area contributed by atoms with Crippen molar-refractivity contribution in [3.63, 3.8) is 0 Å². The highest BCUT2D eigenvalue weighted by Gasteiger charge is 2.12. The van der Waals surface area contributed by atoms with Gasteiger partial charge in [0.1, 0.15) is 0 Å². The van der Waals surface area contributed by atoms with Crippen molar-refractivity contribution in [2.24, 2.45) is 0 Å². The second-order valence-electron chi connectivity index (χ2n) is 4.67. The molecular weight excluding hydrogens is 352 g/mol. The number of aromatic nitrogens is 2. The minimum absolute atomic E-state index is 0.00817. The van der Waals surface area contributed by atoms with E-state index in [1.165, 1.54) is 22.2 Å². The molecule has 0 aliphatic heterocycles. The molecule has 0 spiro atoms. The smallest absolute Gasteiger partial charge is 0.261 e. The Morgan fingerprint density at radius 1 is 1.33 bits per heavy atom. The molecule has 106 valence electrons. The average Bonchev–Trinajstić information content (AvgIpc) is 2.89. The first-order valence-corrected chi connectivity index (χ1v) is 7.90. The first kappa shape index (κ1) is 14.2. The van der Waals surface area contributed by atoms with Gasteiger partial charge < -0.3 is 0 Å². The Morgan fingerprint density at radius 2 is 2.14 bits per heavy atom. The summed E-state index contributed by atoms with van der Waals surface area (Å²) in [4.78, 5) is 30.6. The zero-order chi connectivity index (χ0) is 15.0. The third-order valence-electron chi connectivity index (χ3n) is 3.12. The molecule has 2 heterocycles. The second kappa shape index (κ2) is 5.54. The van der Waals surface area contributed by atoms with Gasteiger partial charge in [-0.25, -0.2) is 4.98 Å². The van der Waals surface area contributed by atoms with Crippen molar-refractivity contribution in [2.75, 3.05) is 0 Å². The molecule has 4 nitrogen and oxygen atoms in total. The van der Waals surface area contributed by atoms with Gasteiger partial charge in [-0.05, 0) is 37.3 Å². The molecular formula is C15H11BrN2O2S. The van der Waals surface area contributed by atoms with E-state index in [0.717, 1.165) is 9.35 Å². The number of fused-ring (bicyclic) bond motifs is 1. The Bertz CT molecular complexity index is 898. The van der Waals surface area contributed by atoms with E-state index in [9.17, 15) is 9.59 Å². The lowest BCUT2D eigenvalue weighted by Gasteiger charge is -2.05. The molecule has 0 radical (unpaired) electrons. The summed E-state index contributed by atoms with van der Waals surface area (Å²) in [5.41, 5.74) is 0.418. The molecule has 0 aliphatic rings. The summed E-state index contributed by atoms with van der Waals surface area (Å²) in [5.74, 6) is -0.0775. The van der Waals surface area contributed by atoms with E-state index in [1.54, 1.807) is 18.2 Å². The molecule has 0 amide bonds. The third-order valence-corrected chi connectivity index (χ3v) is 4.65. The van der Waals surface area contributed by atoms with Crippen LogP contribution >= 0.6 is 27.3 Å². The number of thiophene rings is 1. The van der Waals surface area contributed by atoms with Crippen LogP contribution in [-0.2, 0) is 6.54 Å². The lowest BCUT2D eigenvalue weighted by atomic mass is 10.2. The number of hydrogen-bond donors (Lipinski definition) is 0. The minimum Gasteiger partial charge on any atom is -0.291 e. The third kappa shape index (κ3) is 2.82. The lowest BCUT2D eigenvalue weighted by molar-refractivity contribution is 0.0974. The van der Waals surface area contributed by atoms with Crippen LogP contribution in [0, 0.1) is 6.92 Å². The molecule has 0 fully saturated rings. The van der Waals surface area contributed by atoms with Gasteiger partial charge in [0.25, 0.3) is 5.56 Å². The number of Topliss-reactive ketones (excluding diaryl/α,β-unsaturated/α-hetero) is 1. The van der Waals surface area contributed by atoms with Crippen molar-refractivity contribution in [1.29, 1.82) is 0 Å². The van der Waals surface area contributed by atoms with Gasteiger partial charge in [-0.1, -0.05) is 15.9 Å². The van der Waals surface area contributed by atoms with Crippen LogP contribution in [0.1, 0.15) is 14.5 Å². The fraction of sp³-hybridized carbons (Fsp3) is 0.133. The van der Waals surface area contributed by atoms with Crippen LogP contribution < -0.4 is 5.56 Å². The second-order valence-corrected chi connectivity index (χ2v) is 6.88. The van der Waals surface area contributed by atoms with Crippen molar-refractivity contribution < 1.29 is 4.79 Å². The van der Waals surface area contributed by atoms with Gasteiger partial charge >= 0.3 is 0 Å². The van der Waals surface area contributed by atoms with Gasteiger partial charge in [0.2, 0.25) is 0 Å². The molecule has 3 rings (SSSR count). The molecule has 0 N–H and O–H groups in total. The average molecular weight is 363 g/mol. The van der Waals surface area contributed by atoms with E-state index in [2.05, 4.69) is 20.9 Å². The Morgan fingerprint density at radius 3 is 2.86 bits per heavy atom. The van der Waals surface area contributed by atoms with Gasteiger partial charge in [0.05, 0.1) is 28.7 Å². The summed E-state index contributed by atoms with van der Waals surface area (Å²) in [6.07, 6.45) is 1.43. The summed E-state index contributed by atoms with van der Waals surface area (Å²) >= 11 is 4.77. The van der Waals surface area contributed by atoms with Crippen LogP contribution in [0.3, 0.4) is 0 Å². The molecule has 0 saturated carbocycles. The van der Waals surface area contributed by atoms with Crippen LogP contribution in [0.5, 0.6) is 0 Å². The molecule has 2 aromatic heterocycles. The largest absolute Gasteiger partial charge is 0.291 e. The van der Waals surface area contributed by atoms with Crippen LogP contribution in [0.4, 0.5) is 0 Å². The maximum Gasteiger partial charge on any atom is 0.261 e. The number of benzene rings is 1. The molecule has 1 aromatic carbocycles. The summed E-state index contributed by atoms with van der Waals surface area (Å²) in [6.45, 7) is 1.96. The molecule has 0 saturated heterocycles. The van der Waals surface area contributed by atoms with E-state index in [0.29, 0.717) is 15.8 Å². The topological polar surface area (TPSA) is 52.0 Å². The van der Waals surface area contributed by atoms with Crippen LogP contribution in [0.2, 0.25) is 0 Å². The van der Waals surface area contributed by atoms with Gasteiger partial charge in [-0.2, -0.15) is 0 Å². The highest BCUT2D eigenvalue weighted by molar-refractivity contribution is 9.10. The standard InChI is InChI=1S/C15H11BrN2O2S/c1-9-2-5-14(21-9)13(19)7-18-8-17-12-4-3-10(16)6-11(12)15(18)20/h2-6,8H,7H2,1H3. The fourth-order valence-corrected chi connectivity index (χ4v) is 3.22. The van der Waals surface area contributed by atoms with Crippen molar-refractivity contribution in [3.05, 3.63) is 61.2 Å². The van der Waals surface area contributed by atoms with Crippen LogP contribution in [0.25, 0.3) is 10.9 Å². The Balaban J connectivity index is 1.99. The maximum atomic E-state index is 12.4. The Labute approximate surface area is 133 Å². The number of rotatable bonds is 3. The number of carbonyl (C=O) groups is 1. The highest BCUT2D eigenvalue weighted by Crippen LogP contribution is 2.17. The van der Waals surface area contributed by atoms with Crippen molar-refractivity contribution in [3.8, 4) is 0 Å². The van der Waals surface area contributed by atoms with E-state index in [1.807, 2.05) is 19.1 Å². The van der Waals surface area contributed by atoms with Gasteiger partial charge in [0.15, 0.2) is 5.78 Å². The predicted molar refractivity (Wildman–Crippen MR) is 87.1 cm³/mol. The molecule has 6 heteroatoms. The predicted octanol–water partition coefficient (Wildman–Crippen LogP) is 3.41. The summed E-state index contributed by atoms with van der Waals surface area (Å²) < 4.78 is 2.17. The molecule has 0 unspecified atom stereocenters. The maximum absolute atomic E-state index is 12.4. The van der Waals surface area contributed by atoms with E-state index in [-0.39, 0.29) is 17.9 Å². The molecule has 21 heavy (non-hydrogen) atoms.